The number of amides is 1. The maximum Gasteiger partial charge on any atom is 0.274 e. The molecule has 1 aliphatic heterocycles. The van der Waals surface area contributed by atoms with Crippen LogP contribution < -0.4 is 5.32 Å². The van der Waals surface area contributed by atoms with Gasteiger partial charge in [0.1, 0.15) is 0 Å². The van der Waals surface area contributed by atoms with E-state index in [0.29, 0.717) is 5.69 Å². The van der Waals surface area contributed by atoms with Crippen molar-refractivity contribution in [3.05, 3.63) is 47.8 Å². The van der Waals surface area contributed by atoms with E-state index in [4.69, 9.17) is 0 Å². The maximum atomic E-state index is 12.8. The van der Waals surface area contributed by atoms with E-state index in [9.17, 15) is 4.79 Å². The number of nitrogens with one attached hydrogen (secondary N) is 1. The van der Waals surface area contributed by atoms with Crippen LogP contribution in [0.2, 0.25) is 0 Å². The molecule has 1 aliphatic rings. The molecule has 1 unspecified atom stereocenters. The van der Waals surface area contributed by atoms with Gasteiger partial charge in [-0.1, -0.05) is 18.2 Å². The minimum atomic E-state index is 0.0375. The lowest BCUT2D eigenvalue weighted by atomic mass is 10.2. The van der Waals surface area contributed by atoms with E-state index in [1.807, 2.05) is 60.0 Å². The summed E-state index contributed by atoms with van der Waals surface area (Å²) in [5.41, 5.74) is 2.48. The van der Waals surface area contributed by atoms with Crippen molar-refractivity contribution in [2.45, 2.75) is 25.8 Å². The molecule has 0 saturated carbocycles. The fourth-order valence-electron chi connectivity index (χ4n) is 3.11. The van der Waals surface area contributed by atoms with Gasteiger partial charge >= 0.3 is 0 Å². The highest BCUT2D eigenvalue weighted by Crippen LogP contribution is 2.20. The van der Waals surface area contributed by atoms with Crippen molar-refractivity contribution >= 4 is 5.91 Å². The van der Waals surface area contributed by atoms with Crippen LogP contribution in [0, 0.1) is 6.92 Å². The number of hydrogen-bond acceptors (Lipinski definition) is 3. The number of para-hydroxylation sites is 1. The van der Waals surface area contributed by atoms with Gasteiger partial charge in [0, 0.05) is 24.8 Å². The summed E-state index contributed by atoms with van der Waals surface area (Å²) in [5.74, 6) is 0.0375. The fourth-order valence-corrected chi connectivity index (χ4v) is 3.11. The van der Waals surface area contributed by atoms with Crippen LogP contribution in [0.5, 0.6) is 0 Å². The van der Waals surface area contributed by atoms with Crippen LogP contribution in [0.3, 0.4) is 0 Å². The summed E-state index contributed by atoms with van der Waals surface area (Å²) in [6, 6.07) is 12.1. The molecule has 1 aromatic carbocycles. The Balaban J connectivity index is 1.85. The number of rotatable bonds is 4. The summed E-state index contributed by atoms with van der Waals surface area (Å²) in [6.45, 7) is 3.64. The van der Waals surface area contributed by atoms with E-state index in [0.717, 1.165) is 37.3 Å². The average Bonchev–Trinajstić information content (AvgIpc) is 3.15. The molecule has 0 spiro atoms. The minimum absolute atomic E-state index is 0.0375. The Bertz CT molecular complexity index is 650. The second-order valence-corrected chi connectivity index (χ2v) is 5.77. The topological polar surface area (TPSA) is 50.2 Å². The quantitative estimate of drug-likeness (QED) is 0.939. The van der Waals surface area contributed by atoms with Crippen molar-refractivity contribution in [2.75, 3.05) is 20.1 Å². The number of likely N-dealkylation sites (N-methyl/N-ethyl adjacent to an activating group) is 1. The highest BCUT2D eigenvalue weighted by atomic mass is 16.2. The van der Waals surface area contributed by atoms with Gasteiger partial charge < -0.3 is 10.2 Å². The smallest absolute Gasteiger partial charge is 0.274 e. The highest BCUT2D eigenvalue weighted by molar-refractivity contribution is 5.93. The summed E-state index contributed by atoms with van der Waals surface area (Å²) in [5, 5.41) is 7.69. The van der Waals surface area contributed by atoms with Crippen molar-refractivity contribution in [1.82, 2.24) is 20.0 Å². The summed E-state index contributed by atoms with van der Waals surface area (Å²) in [4.78, 5) is 14.7. The molecule has 5 heteroatoms. The van der Waals surface area contributed by atoms with Crippen LogP contribution in [-0.4, -0.2) is 46.8 Å². The molecule has 22 heavy (non-hydrogen) atoms. The molecule has 1 fully saturated rings. The predicted molar refractivity (Wildman–Crippen MR) is 86.3 cm³/mol. The predicted octanol–water partition coefficient (Wildman–Crippen LogP) is 2.00. The molecule has 5 nitrogen and oxygen atoms in total. The molecule has 0 aliphatic carbocycles. The molecule has 1 atom stereocenters. The molecule has 1 amide bonds. The Morgan fingerprint density at radius 2 is 2.14 bits per heavy atom. The fraction of sp³-hybridized carbons (Fsp3) is 0.412. The molecular formula is C17H22N4O. The van der Waals surface area contributed by atoms with Crippen LogP contribution in [0.1, 0.15) is 29.0 Å². The Morgan fingerprint density at radius 1 is 1.36 bits per heavy atom. The Hall–Kier alpha value is -2.14. The Kier molecular flexibility index (Phi) is 4.24. The highest BCUT2D eigenvalue weighted by Gasteiger charge is 2.30. The van der Waals surface area contributed by atoms with Gasteiger partial charge in [-0.05, 0) is 45.0 Å². The van der Waals surface area contributed by atoms with Crippen LogP contribution in [0.4, 0.5) is 0 Å². The van der Waals surface area contributed by atoms with E-state index < -0.39 is 0 Å². The molecule has 1 aromatic heterocycles. The Morgan fingerprint density at radius 3 is 2.86 bits per heavy atom. The first kappa shape index (κ1) is 14.8. The lowest BCUT2D eigenvalue weighted by Crippen LogP contribution is -2.41. The van der Waals surface area contributed by atoms with E-state index in [-0.39, 0.29) is 11.9 Å². The first-order chi connectivity index (χ1) is 10.7. The van der Waals surface area contributed by atoms with E-state index in [2.05, 4.69) is 10.4 Å². The average molecular weight is 298 g/mol. The van der Waals surface area contributed by atoms with Gasteiger partial charge in [-0.3, -0.25) is 4.79 Å². The first-order valence-corrected chi connectivity index (χ1v) is 7.78. The number of aromatic nitrogens is 2. The molecule has 2 heterocycles. The van der Waals surface area contributed by atoms with Crippen LogP contribution >= 0.6 is 0 Å². The van der Waals surface area contributed by atoms with E-state index in [1.54, 1.807) is 0 Å². The summed E-state index contributed by atoms with van der Waals surface area (Å²) in [7, 11) is 1.93. The summed E-state index contributed by atoms with van der Waals surface area (Å²) < 4.78 is 1.83. The second-order valence-electron chi connectivity index (χ2n) is 5.77. The third-order valence-electron chi connectivity index (χ3n) is 4.19. The maximum absolute atomic E-state index is 12.8. The van der Waals surface area contributed by atoms with Gasteiger partial charge in [-0.15, -0.1) is 0 Å². The third-order valence-corrected chi connectivity index (χ3v) is 4.19. The molecule has 1 saturated heterocycles. The lowest BCUT2D eigenvalue weighted by Gasteiger charge is -2.23. The van der Waals surface area contributed by atoms with Gasteiger partial charge in [0.2, 0.25) is 0 Å². The number of hydrogen-bond donors (Lipinski definition) is 1. The zero-order valence-electron chi connectivity index (χ0n) is 13.1. The Labute approximate surface area is 130 Å². The number of aryl methyl sites for hydroxylation is 1. The van der Waals surface area contributed by atoms with Crippen LogP contribution in [0.25, 0.3) is 5.69 Å². The number of carbonyl (C=O) groups excluding carboxylic acids is 1. The van der Waals surface area contributed by atoms with Gasteiger partial charge in [0.25, 0.3) is 5.91 Å². The van der Waals surface area contributed by atoms with E-state index >= 15 is 0 Å². The summed E-state index contributed by atoms with van der Waals surface area (Å²) in [6.07, 6.45) is 2.13. The molecule has 2 aromatic rings. The third kappa shape index (κ3) is 2.76. The number of nitrogens with zero attached hydrogens (tertiary/aromatic N) is 3. The van der Waals surface area contributed by atoms with Crippen molar-refractivity contribution in [3.63, 3.8) is 0 Å². The molecule has 116 valence electrons. The lowest BCUT2D eigenvalue weighted by molar-refractivity contribution is 0.0730. The van der Waals surface area contributed by atoms with Crippen molar-refractivity contribution in [3.8, 4) is 5.69 Å². The van der Waals surface area contributed by atoms with Gasteiger partial charge in [0.05, 0.1) is 5.69 Å². The van der Waals surface area contributed by atoms with Crippen molar-refractivity contribution < 1.29 is 4.79 Å². The molecule has 0 radical (unpaired) electrons. The van der Waals surface area contributed by atoms with Crippen molar-refractivity contribution in [1.29, 1.82) is 0 Å². The summed E-state index contributed by atoms with van der Waals surface area (Å²) >= 11 is 0. The van der Waals surface area contributed by atoms with Crippen molar-refractivity contribution in [2.24, 2.45) is 0 Å². The largest absolute Gasteiger partial charge is 0.333 e. The molecule has 1 N–H and O–H groups in total. The standard InChI is InChI=1S/C17H22N4O/c1-13-11-16(19-21(13)14-7-4-3-5-8-14)17(22)20-10-6-9-15(20)12-18-2/h3-5,7-8,11,15,18H,6,9-10,12H2,1-2H3. The first-order valence-electron chi connectivity index (χ1n) is 7.78. The second kappa shape index (κ2) is 6.32. The van der Waals surface area contributed by atoms with Gasteiger partial charge in [0.15, 0.2) is 5.69 Å². The van der Waals surface area contributed by atoms with Crippen LogP contribution in [0.15, 0.2) is 36.4 Å². The van der Waals surface area contributed by atoms with Gasteiger partial charge in [-0.25, -0.2) is 4.68 Å². The monoisotopic (exact) mass is 298 g/mol. The minimum Gasteiger partial charge on any atom is -0.333 e. The molecule has 3 rings (SSSR count). The van der Waals surface area contributed by atoms with Crippen LogP contribution in [-0.2, 0) is 0 Å². The van der Waals surface area contributed by atoms with Gasteiger partial charge in [-0.2, -0.15) is 5.10 Å². The number of likely N-dealkylation sites (tertiary alicyclic amines) is 1. The zero-order chi connectivity index (χ0) is 15.5. The van der Waals surface area contributed by atoms with E-state index in [1.165, 1.54) is 0 Å². The SMILES string of the molecule is CNCC1CCCN1C(=O)c1cc(C)n(-c2ccccc2)n1. The number of benzene rings is 1. The normalized spacial score (nSPS) is 17.9. The zero-order valence-corrected chi connectivity index (χ0v) is 13.1. The molecule has 0 bridgehead atoms. The number of carbonyl (C=O) groups is 1. The molecular weight excluding hydrogens is 276 g/mol.